The Kier molecular flexibility index (Phi) is 5.43. The van der Waals surface area contributed by atoms with Crippen molar-refractivity contribution in [3.8, 4) is 0 Å². The molecular weight excluding hydrogens is 318 g/mol. The molecule has 5 heteroatoms. The van der Waals surface area contributed by atoms with Crippen LogP contribution in [0.5, 0.6) is 0 Å². The monoisotopic (exact) mass is 339 g/mol. The van der Waals surface area contributed by atoms with Crippen LogP contribution in [-0.4, -0.2) is 36.5 Å². The van der Waals surface area contributed by atoms with Crippen LogP contribution in [0.1, 0.15) is 36.5 Å². The second kappa shape index (κ2) is 7.09. The number of hydrogen-bond acceptors (Lipinski definition) is 3. The summed E-state index contributed by atoms with van der Waals surface area (Å²) in [5.41, 5.74) is 6.96. The summed E-state index contributed by atoms with van der Waals surface area (Å²) in [5, 5.41) is 3.10. The molecule has 0 aromatic heterocycles. The van der Waals surface area contributed by atoms with Crippen molar-refractivity contribution in [3.05, 3.63) is 28.2 Å². The number of hydrogen-bond donors (Lipinski definition) is 2. The van der Waals surface area contributed by atoms with Crippen molar-refractivity contribution in [2.45, 2.75) is 32.2 Å². The van der Waals surface area contributed by atoms with Gasteiger partial charge in [-0.15, -0.1) is 0 Å². The molecule has 0 aliphatic carbocycles. The van der Waals surface area contributed by atoms with Gasteiger partial charge in [-0.25, -0.2) is 0 Å². The van der Waals surface area contributed by atoms with Crippen LogP contribution >= 0.6 is 15.9 Å². The van der Waals surface area contributed by atoms with E-state index in [0.29, 0.717) is 11.3 Å². The number of carbonyl (C=O) groups excluding carboxylic acids is 1. The molecule has 0 unspecified atom stereocenters. The highest BCUT2D eigenvalue weighted by Crippen LogP contribution is 2.19. The van der Waals surface area contributed by atoms with E-state index < -0.39 is 0 Å². The van der Waals surface area contributed by atoms with Gasteiger partial charge in [0.05, 0.1) is 5.56 Å². The third-order valence-corrected chi connectivity index (χ3v) is 4.21. The van der Waals surface area contributed by atoms with E-state index >= 15 is 0 Å². The van der Waals surface area contributed by atoms with E-state index in [9.17, 15) is 4.79 Å². The summed E-state index contributed by atoms with van der Waals surface area (Å²) in [4.78, 5) is 14.7. The summed E-state index contributed by atoms with van der Waals surface area (Å²) < 4.78 is 0.888. The largest absolute Gasteiger partial charge is 0.398 e. The zero-order valence-corrected chi connectivity index (χ0v) is 13.4. The number of halogens is 1. The van der Waals surface area contributed by atoms with Crippen molar-refractivity contribution in [1.29, 1.82) is 0 Å². The molecule has 0 saturated carbocycles. The first-order chi connectivity index (χ1) is 9.60. The molecule has 1 aromatic carbocycles. The molecule has 0 atom stereocenters. The normalized spacial score (nSPS) is 17.1. The van der Waals surface area contributed by atoms with E-state index in [4.69, 9.17) is 5.73 Å². The highest BCUT2D eigenvalue weighted by atomic mass is 79.9. The predicted octanol–water partition coefficient (Wildman–Crippen LogP) is 2.64. The maximum absolute atomic E-state index is 12.2. The molecule has 1 heterocycles. The summed E-state index contributed by atoms with van der Waals surface area (Å²) in [6.45, 7) is 5.48. The van der Waals surface area contributed by atoms with Gasteiger partial charge in [0, 0.05) is 29.3 Å². The van der Waals surface area contributed by atoms with Crippen LogP contribution in [-0.2, 0) is 0 Å². The number of piperidine rings is 1. The molecule has 0 bridgehead atoms. The lowest BCUT2D eigenvalue weighted by Gasteiger charge is -2.32. The fourth-order valence-electron chi connectivity index (χ4n) is 2.62. The van der Waals surface area contributed by atoms with Crippen LogP contribution in [0.3, 0.4) is 0 Å². The number of rotatable bonds is 4. The molecule has 1 amide bonds. The van der Waals surface area contributed by atoms with Gasteiger partial charge in [-0.2, -0.15) is 0 Å². The molecule has 0 radical (unpaired) electrons. The quantitative estimate of drug-likeness (QED) is 0.829. The Morgan fingerprint density at radius 3 is 2.75 bits per heavy atom. The van der Waals surface area contributed by atoms with E-state index in [2.05, 4.69) is 33.1 Å². The highest BCUT2D eigenvalue weighted by molar-refractivity contribution is 9.10. The number of nitrogens with two attached hydrogens (primary N) is 1. The van der Waals surface area contributed by atoms with E-state index in [0.717, 1.165) is 36.9 Å². The minimum Gasteiger partial charge on any atom is -0.398 e. The molecule has 0 spiro atoms. The van der Waals surface area contributed by atoms with Crippen molar-refractivity contribution in [2.24, 2.45) is 0 Å². The standard InChI is InChI=1S/C15H22BrN3O/c1-2-7-19-8-5-12(6-9-19)18-15(20)13-4-3-11(16)10-14(13)17/h3-4,10,12H,2,5-9,17H2,1H3,(H,18,20). The molecule has 1 aromatic rings. The smallest absolute Gasteiger partial charge is 0.253 e. The highest BCUT2D eigenvalue weighted by Gasteiger charge is 2.21. The van der Waals surface area contributed by atoms with Crippen LogP contribution in [0.15, 0.2) is 22.7 Å². The van der Waals surface area contributed by atoms with E-state index in [1.54, 1.807) is 12.1 Å². The fourth-order valence-corrected chi connectivity index (χ4v) is 3.00. The van der Waals surface area contributed by atoms with Gasteiger partial charge in [0.15, 0.2) is 0 Å². The third kappa shape index (κ3) is 3.96. The molecular formula is C15H22BrN3O. The number of anilines is 1. The molecule has 1 aliphatic rings. The topological polar surface area (TPSA) is 58.4 Å². The van der Waals surface area contributed by atoms with Gasteiger partial charge in [-0.05, 0) is 44.0 Å². The lowest BCUT2D eigenvalue weighted by atomic mass is 10.0. The molecule has 110 valence electrons. The van der Waals surface area contributed by atoms with Crippen LogP contribution in [0.2, 0.25) is 0 Å². The molecule has 1 aliphatic heterocycles. The average Bonchev–Trinajstić information content (AvgIpc) is 2.41. The van der Waals surface area contributed by atoms with Gasteiger partial charge in [-0.3, -0.25) is 4.79 Å². The van der Waals surface area contributed by atoms with Crippen molar-refractivity contribution in [2.75, 3.05) is 25.4 Å². The van der Waals surface area contributed by atoms with Crippen molar-refractivity contribution in [1.82, 2.24) is 10.2 Å². The number of nitrogen functional groups attached to an aromatic ring is 1. The first-order valence-electron chi connectivity index (χ1n) is 7.18. The Hall–Kier alpha value is -1.07. The van der Waals surface area contributed by atoms with E-state index in [1.807, 2.05) is 6.07 Å². The summed E-state index contributed by atoms with van der Waals surface area (Å²) in [6.07, 6.45) is 3.22. The van der Waals surface area contributed by atoms with Gasteiger partial charge in [0.25, 0.3) is 5.91 Å². The summed E-state index contributed by atoms with van der Waals surface area (Å²) in [6, 6.07) is 5.63. The molecule has 2 rings (SSSR count). The number of nitrogens with zero attached hydrogens (tertiary/aromatic N) is 1. The van der Waals surface area contributed by atoms with Crippen LogP contribution in [0.4, 0.5) is 5.69 Å². The first-order valence-corrected chi connectivity index (χ1v) is 7.97. The van der Waals surface area contributed by atoms with Crippen LogP contribution in [0.25, 0.3) is 0 Å². The molecule has 4 nitrogen and oxygen atoms in total. The Morgan fingerprint density at radius 1 is 1.45 bits per heavy atom. The van der Waals surface area contributed by atoms with E-state index in [1.165, 1.54) is 6.42 Å². The Morgan fingerprint density at radius 2 is 2.15 bits per heavy atom. The zero-order chi connectivity index (χ0) is 14.5. The Labute approximate surface area is 128 Å². The lowest BCUT2D eigenvalue weighted by Crippen LogP contribution is -2.44. The number of nitrogens with one attached hydrogen (secondary N) is 1. The second-order valence-electron chi connectivity index (χ2n) is 5.32. The van der Waals surface area contributed by atoms with E-state index in [-0.39, 0.29) is 11.9 Å². The summed E-state index contributed by atoms with van der Waals surface area (Å²) in [5.74, 6) is -0.0658. The minimum absolute atomic E-state index is 0.0658. The van der Waals surface area contributed by atoms with Gasteiger partial charge < -0.3 is 16.0 Å². The number of carbonyl (C=O) groups is 1. The SMILES string of the molecule is CCCN1CCC(NC(=O)c2ccc(Br)cc2N)CC1. The van der Waals surface area contributed by atoms with Gasteiger partial charge >= 0.3 is 0 Å². The predicted molar refractivity (Wildman–Crippen MR) is 85.8 cm³/mol. The van der Waals surface area contributed by atoms with Gasteiger partial charge in [0.1, 0.15) is 0 Å². The Balaban J connectivity index is 1.89. The fraction of sp³-hybridized carbons (Fsp3) is 0.533. The maximum atomic E-state index is 12.2. The van der Waals surface area contributed by atoms with Gasteiger partial charge in [0.2, 0.25) is 0 Å². The molecule has 3 N–H and O–H groups in total. The number of benzene rings is 1. The van der Waals surface area contributed by atoms with Crippen molar-refractivity contribution < 1.29 is 4.79 Å². The summed E-state index contributed by atoms with van der Waals surface area (Å²) in [7, 11) is 0. The van der Waals surface area contributed by atoms with Gasteiger partial charge in [-0.1, -0.05) is 22.9 Å². The molecule has 20 heavy (non-hydrogen) atoms. The minimum atomic E-state index is -0.0658. The average molecular weight is 340 g/mol. The van der Waals surface area contributed by atoms with Crippen LogP contribution < -0.4 is 11.1 Å². The van der Waals surface area contributed by atoms with Crippen molar-refractivity contribution >= 4 is 27.5 Å². The number of amides is 1. The number of likely N-dealkylation sites (tertiary alicyclic amines) is 1. The molecule has 1 saturated heterocycles. The molecule has 1 fully saturated rings. The second-order valence-corrected chi connectivity index (χ2v) is 6.24. The zero-order valence-electron chi connectivity index (χ0n) is 11.9. The lowest BCUT2D eigenvalue weighted by molar-refractivity contribution is 0.0912. The van der Waals surface area contributed by atoms with Crippen LogP contribution in [0, 0.1) is 0 Å². The summed E-state index contributed by atoms with van der Waals surface area (Å²) >= 11 is 3.35. The Bertz CT molecular complexity index is 470. The third-order valence-electron chi connectivity index (χ3n) is 3.72. The van der Waals surface area contributed by atoms with Crippen molar-refractivity contribution in [3.63, 3.8) is 0 Å². The maximum Gasteiger partial charge on any atom is 0.253 e. The first kappa shape index (κ1) is 15.3.